The lowest BCUT2D eigenvalue weighted by molar-refractivity contribution is -0.135. The molecule has 0 N–H and O–H groups in total. The Morgan fingerprint density at radius 1 is 1.07 bits per heavy atom. The van der Waals surface area contributed by atoms with Crippen LogP contribution in [0.4, 0.5) is 0 Å². The van der Waals surface area contributed by atoms with Gasteiger partial charge in [-0.25, -0.2) is 0 Å². The molecule has 1 atom stereocenters. The van der Waals surface area contributed by atoms with Crippen LogP contribution >= 0.6 is 0 Å². The van der Waals surface area contributed by atoms with E-state index in [1.165, 1.54) is 0 Å². The van der Waals surface area contributed by atoms with Crippen molar-refractivity contribution in [1.29, 1.82) is 0 Å². The van der Waals surface area contributed by atoms with Crippen molar-refractivity contribution >= 4 is 22.7 Å². The van der Waals surface area contributed by atoms with Crippen molar-refractivity contribution in [2.75, 3.05) is 39.4 Å². The molecule has 0 radical (unpaired) electrons. The van der Waals surface area contributed by atoms with Crippen molar-refractivity contribution in [1.82, 2.24) is 14.8 Å². The minimum absolute atomic E-state index is 0.0167. The van der Waals surface area contributed by atoms with Crippen LogP contribution in [0.1, 0.15) is 34.5 Å². The number of nitrogens with zero attached hydrogens (tertiary/aromatic N) is 3. The van der Waals surface area contributed by atoms with Crippen molar-refractivity contribution in [3.63, 3.8) is 0 Å². The topological polar surface area (TPSA) is 62.7 Å². The maximum atomic E-state index is 13.3. The van der Waals surface area contributed by atoms with Gasteiger partial charge in [-0.05, 0) is 44.9 Å². The predicted molar refractivity (Wildman–Crippen MR) is 107 cm³/mol. The summed E-state index contributed by atoms with van der Waals surface area (Å²) in [6.07, 6.45) is 1.60. The Balaban J connectivity index is 1.53. The second kappa shape index (κ2) is 7.87. The molecule has 0 spiro atoms. The zero-order chi connectivity index (χ0) is 19.7. The number of pyridine rings is 1. The monoisotopic (exact) mass is 381 g/mol. The van der Waals surface area contributed by atoms with Crippen LogP contribution < -0.4 is 0 Å². The van der Waals surface area contributed by atoms with Crippen molar-refractivity contribution in [3.8, 4) is 0 Å². The lowest BCUT2D eigenvalue weighted by Gasteiger charge is -2.24. The van der Waals surface area contributed by atoms with Gasteiger partial charge in [0.1, 0.15) is 0 Å². The first-order valence-corrected chi connectivity index (χ1v) is 10.1. The van der Waals surface area contributed by atoms with Crippen LogP contribution in [0, 0.1) is 19.8 Å². The molecule has 3 heterocycles. The number of carbonyl (C=O) groups excluding carboxylic acids is 2. The quantitative estimate of drug-likeness (QED) is 0.802. The fourth-order valence-corrected chi connectivity index (χ4v) is 4.15. The minimum atomic E-state index is -0.0167. The van der Waals surface area contributed by atoms with Gasteiger partial charge in [0.25, 0.3) is 5.91 Å². The largest absolute Gasteiger partial charge is 0.381 e. The van der Waals surface area contributed by atoms with Gasteiger partial charge in [0.2, 0.25) is 5.91 Å². The number of amides is 2. The molecule has 4 rings (SSSR count). The highest BCUT2D eigenvalue weighted by atomic mass is 16.5. The third-order valence-corrected chi connectivity index (χ3v) is 5.70. The van der Waals surface area contributed by atoms with E-state index >= 15 is 0 Å². The second-order valence-electron chi connectivity index (χ2n) is 7.86. The Morgan fingerprint density at radius 2 is 1.86 bits per heavy atom. The molecule has 2 fully saturated rings. The summed E-state index contributed by atoms with van der Waals surface area (Å²) >= 11 is 0. The molecule has 2 aromatic rings. The van der Waals surface area contributed by atoms with E-state index in [4.69, 9.17) is 4.74 Å². The first kappa shape index (κ1) is 18.9. The highest BCUT2D eigenvalue weighted by Gasteiger charge is 2.30. The molecule has 1 aromatic heterocycles. The molecular weight excluding hydrogens is 354 g/mol. The summed E-state index contributed by atoms with van der Waals surface area (Å²) in [6.45, 7) is 7.66. The Kier molecular flexibility index (Phi) is 5.31. The van der Waals surface area contributed by atoms with Gasteiger partial charge >= 0.3 is 0 Å². The summed E-state index contributed by atoms with van der Waals surface area (Å²) in [7, 11) is 0. The molecule has 2 aliphatic rings. The Morgan fingerprint density at radius 3 is 2.64 bits per heavy atom. The normalized spacial score (nSPS) is 20.4. The standard InChI is InChI=1S/C22H27N3O3/c1-15-4-5-20-18(12-15)19(13-16(2)23-20)22(27)25-8-3-7-24(9-10-25)21(26)17-6-11-28-14-17/h4-5,12-13,17H,3,6-11,14H2,1-2H3. The summed E-state index contributed by atoms with van der Waals surface area (Å²) in [5.74, 6) is 0.184. The summed E-state index contributed by atoms with van der Waals surface area (Å²) in [5.41, 5.74) is 3.50. The Bertz CT molecular complexity index is 905. The number of hydrogen-bond acceptors (Lipinski definition) is 4. The molecule has 6 heteroatoms. The van der Waals surface area contributed by atoms with Gasteiger partial charge in [0.05, 0.1) is 23.6 Å². The summed E-state index contributed by atoms with van der Waals surface area (Å²) in [5, 5.41) is 0.899. The third-order valence-electron chi connectivity index (χ3n) is 5.70. The first-order chi connectivity index (χ1) is 13.5. The summed E-state index contributed by atoms with van der Waals surface area (Å²) in [4.78, 5) is 34.4. The Hall–Kier alpha value is -2.47. The highest BCUT2D eigenvalue weighted by Crippen LogP contribution is 2.23. The number of aromatic nitrogens is 1. The second-order valence-corrected chi connectivity index (χ2v) is 7.86. The van der Waals surface area contributed by atoms with Gasteiger partial charge < -0.3 is 14.5 Å². The van der Waals surface area contributed by atoms with Crippen molar-refractivity contribution < 1.29 is 14.3 Å². The molecule has 0 saturated carbocycles. The average Bonchev–Trinajstić information content (AvgIpc) is 3.11. The van der Waals surface area contributed by atoms with Crippen molar-refractivity contribution in [2.24, 2.45) is 5.92 Å². The van der Waals surface area contributed by atoms with Crippen LogP contribution in [-0.2, 0) is 9.53 Å². The molecular formula is C22H27N3O3. The van der Waals surface area contributed by atoms with E-state index < -0.39 is 0 Å². The highest BCUT2D eigenvalue weighted by molar-refractivity contribution is 6.06. The van der Waals surface area contributed by atoms with Crippen LogP contribution in [0.3, 0.4) is 0 Å². The van der Waals surface area contributed by atoms with E-state index in [9.17, 15) is 9.59 Å². The number of fused-ring (bicyclic) bond motifs is 1. The number of carbonyl (C=O) groups is 2. The van der Waals surface area contributed by atoms with Crippen LogP contribution in [0.5, 0.6) is 0 Å². The molecule has 2 saturated heterocycles. The van der Waals surface area contributed by atoms with Crippen LogP contribution in [0.25, 0.3) is 10.9 Å². The number of rotatable bonds is 2. The summed E-state index contributed by atoms with van der Waals surface area (Å²) < 4.78 is 5.36. The van der Waals surface area contributed by atoms with E-state index in [-0.39, 0.29) is 17.7 Å². The molecule has 28 heavy (non-hydrogen) atoms. The maximum absolute atomic E-state index is 13.3. The molecule has 1 aromatic carbocycles. The Labute approximate surface area is 165 Å². The predicted octanol–water partition coefficient (Wildman–Crippen LogP) is 2.56. The van der Waals surface area contributed by atoms with Gasteiger partial charge in [-0.2, -0.15) is 0 Å². The van der Waals surface area contributed by atoms with E-state index in [0.29, 0.717) is 45.0 Å². The first-order valence-electron chi connectivity index (χ1n) is 10.1. The maximum Gasteiger partial charge on any atom is 0.254 e. The lowest BCUT2D eigenvalue weighted by atomic mass is 10.0. The van der Waals surface area contributed by atoms with E-state index in [0.717, 1.165) is 35.0 Å². The summed E-state index contributed by atoms with van der Waals surface area (Å²) in [6, 6.07) is 7.91. The number of ether oxygens (including phenoxy) is 1. The number of aryl methyl sites for hydroxylation is 2. The average molecular weight is 381 g/mol. The van der Waals surface area contributed by atoms with Crippen molar-refractivity contribution in [3.05, 3.63) is 41.1 Å². The van der Waals surface area contributed by atoms with Crippen molar-refractivity contribution in [2.45, 2.75) is 26.7 Å². The van der Waals surface area contributed by atoms with Crippen LogP contribution in [0.2, 0.25) is 0 Å². The van der Waals surface area contributed by atoms with Gasteiger partial charge in [-0.3, -0.25) is 14.6 Å². The van der Waals surface area contributed by atoms with Gasteiger partial charge in [-0.1, -0.05) is 11.6 Å². The number of hydrogen-bond donors (Lipinski definition) is 0. The molecule has 2 amide bonds. The molecule has 6 nitrogen and oxygen atoms in total. The van der Waals surface area contributed by atoms with E-state index in [2.05, 4.69) is 4.98 Å². The van der Waals surface area contributed by atoms with Crippen LogP contribution in [-0.4, -0.2) is 66.0 Å². The number of benzene rings is 1. The third kappa shape index (κ3) is 3.74. The SMILES string of the molecule is Cc1ccc2nc(C)cc(C(=O)N3CCCN(C(=O)C4CCOC4)CC3)c2c1. The molecule has 0 aliphatic carbocycles. The molecule has 1 unspecified atom stereocenters. The van der Waals surface area contributed by atoms with Gasteiger partial charge in [0.15, 0.2) is 0 Å². The lowest BCUT2D eigenvalue weighted by Crippen LogP contribution is -2.40. The smallest absolute Gasteiger partial charge is 0.254 e. The van der Waals surface area contributed by atoms with E-state index in [1.54, 1.807) is 0 Å². The van der Waals surface area contributed by atoms with Crippen LogP contribution in [0.15, 0.2) is 24.3 Å². The molecule has 148 valence electrons. The fraction of sp³-hybridized carbons (Fsp3) is 0.500. The molecule has 2 aliphatic heterocycles. The van der Waals surface area contributed by atoms with Gasteiger partial charge in [0, 0.05) is 43.9 Å². The fourth-order valence-electron chi connectivity index (χ4n) is 4.15. The molecule has 0 bridgehead atoms. The minimum Gasteiger partial charge on any atom is -0.381 e. The van der Waals surface area contributed by atoms with E-state index in [1.807, 2.05) is 47.9 Å². The zero-order valence-electron chi connectivity index (χ0n) is 16.6. The zero-order valence-corrected chi connectivity index (χ0v) is 16.6. The van der Waals surface area contributed by atoms with Gasteiger partial charge in [-0.15, -0.1) is 0 Å².